The summed E-state index contributed by atoms with van der Waals surface area (Å²) in [5.74, 6) is 0.408. The second-order valence-electron chi connectivity index (χ2n) is 7.79. The Balaban J connectivity index is 1.84. The van der Waals surface area contributed by atoms with Crippen LogP contribution in [0.5, 0.6) is 5.75 Å². The van der Waals surface area contributed by atoms with Crippen LogP contribution in [0.1, 0.15) is 55.3 Å². The van der Waals surface area contributed by atoms with Crippen molar-refractivity contribution in [3.05, 3.63) is 80.8 Å². The van der Waals surface area contributed by atoms with E-state index in [0.717, 1.165) is 0 Å². The SMILES string of the molecule is Cc1c(C)c(C)c(Cc2ccc(C(=O)Nc3c(O)cccc3CCO)o2)c(C)c1C. The van der Waals surface area contributed by atoms with Crippen molar-refractivity contribution in [1.29, 1.82) is 0 Å². The van der Waals surface area contributed by atoms with Gasteiger partial charge in [0, 0.05) is 13.0 Å². The van der Waals surface area contributed by atoms with E-state index < -0.39 is 5.91 Å². The van der Waals surface area contributed by atoms with E-state index in [1.54, 1.807) is 18.2 Å². The number of carbonyl (C=O) groups excluding carboxylic acids is 1. The predicted molar refractivity (Wildman–Crippen MR) is 118 cm³/mol. The highest BCUT2D eigenvalue weighted by atomic mass is 16.3. The molecule has 1 amide bonds. The van der Waals surface area contributed by atoms with Crippen LogP contribution in [0.15, 0.2) is 34.7 Å². The van der Waals surface area contributed by atoms with Crippen LogP contribution in [0.3, 0.4) is 0 Å². The van der Waals surface area contributed by atoms with E-state index in [2.05, 4.69) is 39.9 Å². The first-order valence-electron chi connectivity index (χ1n) is 10.1. The molecule has 0 spiro atoms. The largest absolute Gasteiger partial charge is 0.506 e. The lowest BCUT2D eigenvalue weighted by atomic mass is 9.88. The number of para-hydroxylation sites is 1. The zero-order chi connectivity index (χ0) is 22.0. The Labute approximate surface area is 177 Å². The van der Waals surface area contributed by atoms with Crippen molar-refractivity contribution in [2.24, 2.45) is 0 Å². The monoisotopic (exact) mass is 407 g/mol. The zero-order valence-electron chi connectivity index (χ0n) is 18.2. The number of hydrogen-bond donors (Lipinski definition) is 3. The van der Waals surface area contributed by atoms with Crippen LogP contribution >= 0.6 is 0 Å². The van der Waals surface area contributed by atoms with Crippen molar-refractivity contribution in [3.8, 4) is 5.75 Å². The molecule has 0 saturated heterocycles. The first kappa shape index (κ1) is 21.7. The number of anilines is 1. The fourth-order valence-corrected chi connectivity index (χ4v) is 3.85. The summed E-state index contributed by atoms with van der Waals surface area (Å²) in [7, 11) is 0. The number of phenols is 1. The molecule has 3 rings (SSSR count). The number of aromatic hydroxyl groups is 1. The van der Waals surface area contributed by atoms with Crippen LogP contribution < -0.4 is 5.32 Å². The number of nitrogens with one attached hydrogen (secondary N) is 1. The smallest absolute Gasteiger partial charge is 0.291 e. The van der Waals surface area contributed by atoms with E-state index in [-0.39, 0.29) is 18.1 Å². The molecule has 30 heavy (non-hydrogen) atoms. The zero-order valence-corrected chi connectivity index (χ0v) is 18.2. The molecule has 5 nitrogen and oxygen atoms in total. The number of phenolic OH excluding ortho intramolecular Hbond substituents is 1. The van der Waals surface area contributed by atoms with Crippen molar-refractivity contribution in [1.82, 2.24) is 0 Å². The van der Waals surface area contributed by atoms with Crippen molar-refractivity contribution < 1.29 is 19.4 Å². The van der Waals surface area contributed by atoms with Gasteiger partial charge in [0.2, 0.25) is 0 Å². The normalized spacial score (nSPS) is 11.0. The second kappa shape index (κ2) is 8.76. The van der Waals surface area contributed by atoms with Gasteiger partial charge in [0.25, 0.3) is 5.91 Å². The summed E-state index contributed by atoms with van der Waals surface area (Å²) in [5, 5.41) is 22.1. The molecule has 158 valence electrons. The van der Waals surface area contributed by atoms with Crippen molar-refractivity contribution >= 4 is 11.6 Å². The molecule has 3 N–H and O–H groups in total. The van der Waals surface area contributed by atoms with E-state index in [1.807, 2.05) is 6.07 Å². The lowest BCUT2D eigenvalue weighted by Crippen LogP contribution is -2.13. The Morgan fingerprint density at radius 3 is 2.20 bits per heavy atom. The van der Waals surface area contributed by atoms with Gasteiger partial charge in [-0.3, -0.25) is 4.79 Å². The van der Waals surface area contributed by atoms with Gasteiger partial charge in [0.15, 0.2) is 5.76 Å². The third-order valence-electron chi connectivity index (χ3n) is 6.14. The average molecular weight is 408 g/mol. The molecule has 0 aliphatic carbocycles. The Morgan fingerprint density at radius 2 is 1.57 bits per heavy atom. The molecule has 0 saturated carbocycles. The Hall–Kier alpha value is -3.05. The van der Waals surface area contributed by atoms with Gasteiger partial charge in [-0.25, -0.2) is 0 Å². The number of amides is 1. The maximum Gasteiger partial charge on any atom is 0.291 e. The fraction of sp³-hybridized carbons (Fsp3) is 0.320. The first-order valence-corrected chi connectivity index (χ1v) is 10.1. The first-order chi connectivity index (χ1) is 14.2. The molecule has 1 aromatic heterocycles. The topological polar surface area (TPSA) is 82.7 Å². The highest BCUT2D eigenvalue weighted by molar-refractivity contribution is 6.03. The molecule has 3 aromatic rings. The number of benzene rings is 2. The lowest BCUT2D eigenvalue weighted by Gasteiger charge is -2.18. The lowest BCUT2D eigenvalue weighted by molar-refractivity contribution is 0.0994. The highest BCUT2D eigenvalue weighted by Crippen LogP contribution is 2.30. The van der Waals surface area contributed by atoms with Crippen LogP contribution in [0.4, 0.5) is 5.69 Å². The number of rotatable bonds is 6. The van der Waals surface area contributed by atoms with Crippen LogP contribution in [0, 0.1) is 34.6 Å². The Morgan fingerprint density at radius 1 is 0.933 bits per heavy atom. The summed E-state index contributed by atoms with van der Waals surface area (Å²) in [5.41, 5.74) is 8.57. The standard InChI is InChI=1S/C25H29NO4/c1-14-15(2)17(4)21(18(5)16(14)3)13-20-9-10-23(30-20)25(29)26-24-19(11-12-27)7-6-8-22(24)28/h6-10,27-28H,11-13H2,1-5H3,(H,26,29). The van der Waals surface area contributed by atoms with Gasteiger partial charge in [0.05, 0.1) is 5.69 Å². The molecular weight excluding hydrogens is 378 g/mol. The summed E-state index contributed by atoms with van der Waals surface area (Å²) in [4.78, 5) is 12.7. The van der Waals surface area contributed by atoms with E-state index in [1.165, 1.54) is 39.4 Å². The molecule has 0 bridgehead atoms. The van der Waals surface area contributed by atoms with Crippen LogP contribution in [-0.2, 0) is 12.8 Å². The van der Waals surface area contributed by atoms with Crippen LogP contribution in [-0.4, -0.2) is 22.7 Å². The quantitative estimate of drug-likeness (QED) is 0.507. The van der Waals surface area contributed by atoms with Gasteiger partial charge >= 0.3 is 0 Å². The van der Waals surface area contributed by atoms with Crippen molar-refractivity contribution in [3.63, 3.8) is 0 Å². The molecule has 5 heteroatoms. The molecule has 0 fully saturated rings. The molecule has 0 atom stereocenters. The summed E-state index contributed by atoms with van der Waals surface area (Å²) in [6.07, 6.45) is 0.942. The summed E-state index contributed by atoms with van der Waals surface area (Å²) < 4.78 is 5.84. The maximum absolute atomic E-state index is 12.7. The van der Waals surface area contributed by atoms with Gasteiger partial charge in [-0.15, -0.1) is 0 Å². The third kappa shape index (κ3) is 4.12. The van der Waals surface area contributed by atoms with E-state index >= 15 is 0 Å². The highest BCUT2D eigenvalue weighted by Gasteiger charge is 2.18. The molecule has 1 heterocycles. The number of aliphatic hydroxyl groups excluding tert-OH is 1. The van der Waals surface area contributed by atoms with Gasteiger partial charge in [-0.1, -0.05) is 12.1 Å². The minimum atomic E-state index is -0.438. The summed E-state index contributed by atoms with van der Waals surface area (Å²) in [6, 6.07) is 8.40. The Bertz CT molecular complexity index is 1070. The number of carbonyl (C=O) groups is 1. The van der Waals surface area contributed by atoms with Gasteiger partial charge in [-0.05, 0) is 98.2 Å². The Kier molecular flexibility index (Phi) is 6.32. The maximum atomic E-state index is 12.7. The molecular formula is C25H29NO4. The average Bonchev–Trinajstić information content (AvgIpc) is 3.20. The number of aliphatic hydroxyl groups is 1. The number of furan rings is 1. The van der Waals surface area contributed by atoms with Crippen molar-refractivity contribution in [2.45, 2.75) is 47.5 Å². The molecule has 0 aliphatic rings. The molecule has 2 aromatic carbocycles. The minimum Gasteiger partial charge on any atom is -0.506 e. The van der Waals surface area contributed by atoms with Gasteiger partial charge in [0.1, 0.15) is 11.5 Å². The summed E-state index contributed by atoms with van der Waals surface area (Å²) in [6.45, 7) is 10.6. The van der Waals surface area contributed by atoms with E-state index in [9.17, 15) is 15.0 Å². The van der Waals surface area contributed by atoms with E-state index in [4.69, 9.17) is 4.42 Å². The third-order valence-corrected chi connectivity index (χ3v) is 6.14. The van der Waals surface area contributed by atoms with E-state index in [0.29, 0.717) is 29.9 Å². The number of hydrogen-bond acceptors (Lipinski definition) is 4. The fourth-order valence-electron chi connectivity index (χ4n) is 3.85. The molecule has 0 unspecified atom stereocenters. The van der Waals surface area contributed by atoms with Gasteiger partial charge < -0.3 is 19.9 Å². The molecule has 0 radical (unpaired) electrons. The van der Waals surface area contributed by atoms with Crippen molar-refractivity contribution in [2.75, 3.05) is 11.9 Å². The molecule has 0 aliphatic heterocycles. The van der Waals surface area contributed by atoms with Crippen LogP contribution in [0.25, 0.3) is 0 Å². The minimum absolute atomic E-state index is 0.0436. The second-order valence-corrected chi connectivity index (χ2v) is 7.79. The van der Waals surface area contributed by atoms with Crippen LogP contribution in [0.2, 0.25) is 0 Å². The van der Waals surface area contributed by atoms with Gasteiger partial charge in [-0.2, -0.15) is 0 Å². The predicted octanol–water partition coefficient (Wildman–Crippen LogP) is 4.91. The summed E-state index contributed by atoms with van der Waals surface area (Å²) >= 11 is 0.